The van der Waals surface area contributed by atoms with Gasteiger partial charge in [-0.05, 0) is 30.2 Å². The highest BCUT2D eigenvalue weighted by Gasteiger charge is 2.26. The van der Waals surface area contributed by atoms with Crippen LogP contribution in [0.1, 0.15) is 21.6 Å². The summed E-state index contributed by atoms with van der Waals surface area (Å²) in [5.74, 6) is 0.317. The van der Waals surface area contributed by atoms with Crippen molar-refractivity contribution in [2.24, 2.45) is 0 Å². The van der Waals surface area contributed by atoms with Crippen molar-refractivity contribution in [3.05, 3.63) is 77.7 Å². The summed E-state index contributed by atoms with van der Waals surface area (Å²) in [6.07, 6.45) is 3.81. The first-order chi connectivity index (χ1) is 12.8. The SMILES string of the molecule is N#Cc1ccccc1Nc1cnc(C(=O)N2CCc3ccccc32)cn1. The molecule has 3 aromatic rings. The summed E-state index contributed by atoms with van der Waals surface area (Å²) in [6.45, 7) is 0.648. The summed E-state index contributed by atoms with van der Waals surface area (Å²) in [6, 6.07) is 17.1. The summed E-state index contributed by atoms with van der Waals surface area (Å²) in [7, 11) is 0. The van der Waals surface area contributed by atoms with Crippen LogP contribution >= 0.6 is 0 Å². The lowest BCUT2D eigenvalue weighted by molar-refractivity contribution is 0.0984. The average molecular weight is 341 g/mol. The lowest BCUT2D eigenvalue weighted by Crippen LogP contribution is -2.29. The smallest absolute Gasteiger partial charge is 0.278 e. The molecule has 6 nitrogen and oxygen atoms in total. The summed E-state index contributed by atoms with van der Waals surface area (Å²) in [5.41, 5.74) is 3.56. The molecule has 0 bridgehead atoms. The molecule has 126 valence electrons. The number of amides is 1. The number of hydrogen-bond donors (Lipinski definition) is 1. The van der Waals surface area contributed by atoms with E-state index in [0.29, 0.717) is 29.3 Å². The molecule has 0 aliphatic carbocycles. The summed E-state index contributed by atoms with van der Waals surface area (Å²) < 4.78 is 0. The van der Waals surface area contributed by atoms with Crippen LogP contribution < -0.4 is 10.2 Å². The van der Waals surface area contributed by atoms with Gasteiger partial charge < -0.3 is 10.2 Å². The number of carbonyl (C=O) groups excluding carboxylic acids is 1. The quantitative estimate of drug-likeness (QED) is 0.790. The van der Waals surface area contributed by atoms with Crippen LogP contribution in [0.15, 0.2) is 60.9 Å². The van der Waals surface area contributed by atoms with Crippen molar-refractivity contribution in [3.8, 4) is 6.07 Å². The van der Waals surface area contributed by atoms with E-state index >= 15 is 0 Å². The number of nitrogens with one attached hydrogen (secondary N) is 1. The largest absolute Gasteiger partial charge is 0.338 e. The lowest BCUT2D eigenvalue weighted by Gasteiger charge is -2.16. The Balaban J connectivity index is 1.53. The predicted octanol–water partition coefficient (Wildman–Crippen LogP) is 3.29. The fourth-order valence-corrected chi connectivity index (χ4v) is 3.02. The highest BCUT2D eigenvalue weighted by molar-refractivity contribution is 6.05. The fourth-order valence-electron chi connectivity index (χ4n) is 3.02. The molecule has 4 rings (SSSR count). The van der Waals surface area contributed by atoms with E-state index in [4.69, 9.17) is 5.26 Å². The average Bonchev–Trinajstić information content (AvgIpc) is 3.12. The van der Waals surface area contributed by atoms with Crippen molar-refractivity contribution >= 4 is 23.1 Å². The van der Waals surface area contributed by atoms with Crippen LogP contribution in [0.2, 0.25) is 0 Å². The first-order valence-electron chi connectivity index (χ1n) is 8.24. The minimum absolute atomic E-state index is 0.161. The van der Waals surface area contributed by atoms with Crippen LogP contribution in [0.4, 0.5) is 17.2 Å². The molecule has 1 N–H and O–H groups in total. The second kappa shape index (κ2) is 6.65. The van der Waals surface area contributed by atoms with Crippen molar-refractivity contribution in [2.45, 2.75) is 6.42 Å². The summed E-state index contributed by atoms with van der Waals surface area (Å²) in [4.78, 5) is 23.0. The Morgan fingerprint density at radius 3 is 2.69 bits per heavy atom. The number of nitriles is 1. The Morgan fingerprint density at radius 1 is 1.08 bits per heavy atom. The minimum Gasteiger partial charge on any atom is -0.338 e. The Bertz CT molecular complexity index is 1010. The Morgan fingerprint density at radius 2 is 1.88 bits per heavy atom. The fraction of sp³-hybridized carbons (Fsp3) is 0.100. The van der Waals surface area contributed by atoms with Crippen LogP contribution in [-0.4, -0.2) is 22.4 Å². The van der Waals surface area contributed by atoms with Gasteiger partial charge in [-0.3, -0.25) is 4.79 Å². The first kappa shape index (κ1) is 15.8. The van der Waals surface area contributed by atoms with Crippen molar-refractivity contribution in [1.82, 2.24) is 9.97 Å². The van der Waals surface area contributed by atoms with E-state index in [1.165, 1.54) is 18.0 Å². The third-order valence-electron chi connectivity index (χ3n) is 4.31. The molecule has 0 saturated carbocycles. The molecular formula is C20H15N5O. The molecule has 6 heteroatoms. The van der Waals surface area contributed by atoms with Gasteiger partial charge in [0.25, 0.3) is 5.91 Å². The second-order valence-corrected chi connectivity index (χ2v) is 5.90. The van der Waals surface area contributed by atoms with E-state index in [1.54, 1.807) is 23.1 Å². The maximum Gasteiger partial charge on any atom is 0.278 e. The number of rotatable bonds is 3. The van der Waals surface area contributed by atoms with E-state index < -0.39 is 0 Å². The standard InChI is InChI=1S/C20H15N5O/c21-11-15-6-1-3-7-16(15)24-19-13-22-17(12-23-19)20(26)25-10-9-14-5-2-4-8-18(14)25/h1-8,12-13H,9-10H2,(H,23,24). The molecule has 1 amide bonds. The van der Waals surface area contributed by atoms with Gasteiger partial charge in [0.1, 0.15) is 17.6 Å². The molecule has 1 aliphatic rings. The zero-order valence-corrected chi connectivity index (χ0v) is 13.9. The molecule has 1 aromatic heterocycles. The minimum atomic E-state index is -0.161. The van der Waals surface area contributed by atoms with Gasteiger partial charge >= 0.3 is 0 Å². The first-order valence-corrected chi connectivity index (χ1v) is 8.24. The van der Waals surface area contributed by atoms with E-state index in [2.05, 4.69) is 21.4 Å². The third-order valence-corrected chi connectivity index (χ3v) is 4.31. The number of nitrogens with zero attached hydrogens (tertiary/aromatic N) is 4. The molecule has 0 atom stereocenters. The monoisotopic (exact) mass is 341 g/mol. The van der Waals surface area contributed by atoms with Crippen molar-refractivity contribution < 1.29 is 4.79 Å². The number of fused-ring (bicyclic) bond motifs is 1. The molecule has 0 fully saturated rings. The topological polar surface area (TPSA) is 81.9 Å². The van der Waals surface area contributed by atoms with Gasteiger partial charge in [-0.15, -0.1) is 0 Å². The van der Waals surface area contributed by atoms with Crippen molar-refractivity contribution in [2.75, 3.05) is 16.8 Å². The highest BCUT2D eigenvalue weighted by Crippen LogP contribution is 2.28. The molecule has 1 aliphatic heterocycles. The number of benzene rings is 2. The zero-order chi connectivity index (χ0) is 17.9. The van der Waals surface area contributed by atoms with Gasteiger partial charge in [-0.1, -0.05) is 30.3 Å². The lowest BCUT2D eigenvalue weighted by atomic mass is 10.2. The molecule has 0 unspecified atom stereocenters. The molecule has 2 aromatic carbocycles. The van der Waals surface area contributed by atoms with Gasteiger partial charge in [0.05, 0.1) is 23.6 Å². The van der Waals surface area contributed by atoms with E-state index in [9.17, 15) is 4.79 Å². The van der Waals surface area contributed by atoms with Crippen LogP contribution in [0.5, 0.6) is 0 Å². The van der Waals surface area contributed by atoms with Crippen LogP contribution in [-0.2, 0) is 6.42 Å². The number of anilines is 3. The van der Waals surface area contributed by atoms with E-state index in [0.717, 1.165) is 12.1 Å². The number of hydrogen-bond acceptors (Lipinski definition) is 5. The van der Waals surface area contributed by atoms with Crippen LogP contribution in [0.25, 0.3) is 0 Å². The maximum atomic E-state index is 12.7. The molecule has 0 radical (unpaired) electrons. The Kier molecular flexibility index (Phi) is 4.04. The van der Waals surface area contributed by atoms with Gasteiger partial charge in [0.2, 0.25) is 0 Å². The number of aromatic nitrogens is 2. The summed E-state index contributed by atoms with van der Waals surface area (Å²) >= 11 is 0. The highest BCUT2D eigenvalue weighted by atomic mass is 16.2. The molecule has 0 spiro atoms. The van der Waals surface area contributed by atoms with E-state index in [1.807, 2.05) is 30.3 Å². The molecule has 26 heavy (non-hydrogen) atoms. The van der Waals surface area contributed by atoms with Gasteiger partial charge in [0.15, 0.2) is 0 Å². The van der Waals surface area contributed by atoms with Gasteiger partial charge in [-0.2, -0.15) is 5.26 Å². The normalized spacial score (nSPS) is 12.3. The Labute approximate surface area is 150 Å². The van der Waals surface area contributed by atoms with E-state index in [-0.39, 0.29) is 5.91 Å². The second-order valence-electron chi connectivity index (χ2n) is 5.90. The molecule has 2 heterocycles. The van der Waals surface area contributed by atoms with Crippen molar-refractivity contribution in [1.29, 1.82) is 5.26 Å². The zero-order valence-electron chi connectivity index (χ0n) is 13.9. The van der Waals surface area contributed by atoms with Crippen LogP contribution in [0.3, 0.4) is 0 Å². The van der Waals surface area contributed by atoms with Gasteiger partial charge in [0, 0.05) is 12.2 Å². The number of carbonyl (C=O) groups is 1. The summed E-state index contributed by atoms with van der Waals surface area (Å²) in [5, 5.41) is 12.2. The third kappa shape index (κ3) is 2.87. The van der Waals surface area contributed by atoms with Crippen molar-refractivity contribution in [3.63, 3.8) is 0 Å². The Hall–Kier alpha value is -3.72. The molecular weight excluding hydrogens is 326 g/mol. The van der Waals surface area contributed by atoms with Gasteiger partial charge in [-0.25, -0.2) is 9.97 Å². The number of para-hydroxylation sites is 2. The maximum absolute atomic E-state index is 12.7. The molecule has 0 saturated heterocycles. The van der Waals surface area contributed by atoms with Crippen LogP contribution in [0, 0.1) is 11.3 Å². The predicted molar refractivity (Wildman–Crippen MR) is 98.3 cm³/mol.